The number of rotatable bonds is 4. The fraction of sp³-hybridized carbons (Fsp3) is 0.172. The Bertz CT molecular complexity index is 1560. The molecule has 1 aliphatic carbocycles. The summed E-state index contributed by atoms with van der Waals surface area (Å²) in [4.78, 5) is 43.6. The molecule has 1 aliphatic rings. The number of fused-ring (bicyclic) bond motifs is 3. The van der Waals surface area contributed by atoms with Crippen LogP contribution in [0.2, 0.25) is 0 Å². The van der Waals surface area contributed by atoms with Crippen molar-refractivity contribution in [2.45, 2.75) is 38.0 Å². The van der Waals surface area contributed by atoms with Crippen molar-refractivity contribution in [1.82, 2.24) is 4.98 Å². The van der Waals surface area contributed by atoms with Crippen molar-refractivity contribution >= 4 is 45.8 Å². The molecule has 6 heteroatoms. The van der Waals surface area contributed by atoms with E-state index in [1.54, 1.807) is 42.5 Å². The second-order valence-corrected chi connectivity index (χ2v) is 10.3. The number of anilines is 1. The highest BCUT2D eigenvalue weighted by Gasteiger charge is 2.29. The van der Waals surface area contributed by atoms with Crippen molar-refractivity contribution in [2.75, 3.05) is 5.32 Å². The topological polar surface area (TPSA) is 76.1 Å². The minimum atomic E-state index is -0.417. The zero-order valence-electron chi connectivity index (χ0n) is 19.9. The van der Waals surface area contributed by atoms with Crippen LogP contribution in [-0.2, 0) is 4.79 Å². The molecule has 4 aromatic rings. The number of carbonyl (C=O) groups excluding carboxylic acids is 3. The van der Waals surface area contributed by atoms with E-state index in [0.717, 1.165) is 27.1 Å². The van der Waals surface area contributed by atoms with E-state index in [-0.39, 0.29) is 17.5 Å². The molecular weight excluding hydrogens is 456 g/mol. The number of nitrogens with zero attached hydrogens (tertiary/aromatic N) is 1. The Labute approximate surface area is 208 Å². The summed E-state index contributed by atoms with van der Waals surface area (Å²) in [5.41, 5.74) is 6.32. The SMILES string of the molecule is Cc1cc(C)c2nc(SC(C)C(=O)Nc3ccc4c(c3)C(=O)c3ccccc3C4=O)cc(C)c2c1. The van der Waals surface area contributed by atoms with Gasteiger partial charge in [0.25, 0.3) is 0 Å². The normalized spacial score (nSPS) is 13.4. The van der Waals surface area contributed by atoms with Crippen LogP contribution >= 0.6 is 11.8 Å². The summed E-state index contributed by atoms with van der Waals surface area (Å²) in [6, 6.07) is 17.9. The molecule has 1 atom stereocenters. The molecule has 1 N–H and O–H groups in total. The number of benzene rings is 3. The summed E-state index contributed by atoms with van der Waals surface area (Å²) in [6.45, 7) is 8.00. The van der Waals surface area contributed by atoms with Gasteiger partial charge in [-0.05, 0) is 69.2 Å². The van der Waals surface area contributed by atoms with Gasteiger partial charge in [0, 0.05) is 33.3 Å². The van der Waals surface area contributed by atoms with Crippen molar-refractivity contribution in [1.29, 1.82) is 0 Å². The third-order valence-electron chi connectivity index (χ3n) is 6.29. The summed E-state index contributed by atoms with van der Waals surface area (Å²) in [6.07, 6.45) is 0. The lowest BCUT2D eigenvalue weighted by atomic mass is 9.84. The molecule has 0 aliphatic heterocycles. The summed E-state index contributed by atoms with van der Waals surface area (Å²) in [5, 5.41) is 4.38. The van der Waals surface area contributed by atoms with Gasteiger partial charge >= 0.3 is 0 Å². The predicted octanol–water partition coefficient (Wildman–Crippen LogP) is 6.05. The summed E-state index contributed by atoms with van der Waals surface area (Å²) < 4.78 is 0. The first-order valence-corrected chi connectivity index (χ1v) is 12.3. The number of nitrogens with one attached hydrogen (secondary N) is 1. The lowest BCUT2D eigenvalue weighted by Gasteiger charge is -2.19. The molecule has 5 rings (SSSR count). The predicted molar refractivity (Wildman–Crippen MR) is 140 cm³/mol. The number of aromatic nitrogens is 1. The Kier molecular flexibility index (Phi) is 5.77. The molecule has 0 saturated heterocycles. The largest absolute Gasteiger partial charge is 0.325 e. The maximum atomic E-state index is 13.0. The fourth-order valence-electron chi connectivity index (χ4n) is 4.53. The third-order valence-corrected chi connectivity index (χ3v) is 7.31. The molecule has 1 unspecified atom stereocenters. The van der Waals surface area contributed by atoms with Gasteiger partial charge in [0.1, 0.15) is 0 Å². The third kappa shape index (κ3) is 4.15. The molecule has 174 valence electrons. The molecule has 0 bridgehead atoms. The lowest BCUT2D eigenvalue weighted by molar-refractivity contribution is -0.115. The number of aryl methyl sites for hydroxylation is 3. The van der Waals surface area contributed by atoms with Crippen LogP contribution in [0.5, 0.6) is 0 Å². The van der Waals surface area contributed by atoms with Gasteiger partial charge in [-0.3, -0.25) is 14.4 Å². The van der Waals surface area contributed by atoms with Crippen LogP contribution in [-0.4, -0.2) is 27.7 Å². The first-order valence-electron chi connectivity index (χ1n) is 11.4. The van der Waals surface area contributed by atoms with E-state index in [2.05, 4.69) is 31.3 Å². The Morgan fingerprint density at radius 2 is 1.49 bits per heavy atom. The molecule has 0 radical (unpaired) electrons. The monoisotopic (exact) mass is 480 g/mol. The maximum Gasteiger partial charge on any atom is 0.237 e. The van der Waals surface area contributed by atoms with Gasteiger partial charge in [-0.1, -0.05) is 47.7 Å². The van der Waals surface area contributed by atoms with Gasteiger partial charge in [0.2, 0.25) is 5.91 Å². The fourth-order valence-corrected chi connectivity index (χ4v) is 5.45. The summed E-state index contributed by atoms with van der Waals surface area (Å²) in [5.74, 6) is -0.597. The van der Waals surface area contributed by atoms with E-state index >= 15 is 0 Å². The van der Waals surface area contributed by atoms with Gasteiger partial charge in [0.05, 0.1) is 15.8 Å². The van der Waals surface area contributed by atoms with E-state index in [4.69, 9.17) is 4.98 Å². The van der Waals surface area contributed by atoms with Gasteiger partial charge in [0.15, 0.2) is 11.6 Å². The molecule has 1 aromatic heterocycles. The van der Waals surface area contributed by atoms with Gasteiger partial charge in [-0.2, -0.15) is 0 Å². The van der Waals surface area contributed by atoms with Crippen LogP contribution in [0.15, 0.2) is 65.7 Å². The second kappa shape index (κ2) is 8.78. The van der Waals surface area contributed by atoms with Crippen LogP contribution < -0.4 is 5.32 Å². The van der Waals surface area contributed by atoms with Crippen molar-refractivity contribution in [2.24, 2.45) is 0 Å². The number of amides is 1. The number of hydrogen-bond donors (Lipinski definition) is 1. The number of ketones is 2. The highest BCUT2D eigenvalue weighted by atomic mass is 32.2. The van der Waals surface area contributed by atoms with Crippen LogP contribution in [0.4, 0.5) is 5.69 Å². The van der Waals surface area contributed by atoms with Gasteiger partial charge < -0.3 is 5.32 Å². The molecule has 0 saturated carbocycles. The van der Waals surface area contributed by atoms with Crippen molar-refractivity contribution in [3.05, 3.63) is 99.6 Å². The average molecular weight is 481 g/mol. The number of hydrogen-bond acceptors (Lipinski definition) is 5. The minimum absolute atomic E-state index is 0.180. The Morgan fingerprint density at radius 1 is 0.829 bits per heavy atom. The quantitative estimate of drug-likeness (QED) is 0.317. The van der Waals surface area contributed by atoms with Crippen molar-refractivity contribution in [3.8, 4) is 0 Å². The summed E-state index contributed by atoms with van der Waals surface area (Å²) >= 11 is 1.39. The van der Waals surface area contributed by atoms with Crippen LogP contribution in [0.3, 0.4) is 0 Å². The highest BCUT2D eigenvalue weighted by molar-refractivity contribution is 8.00. The van der Waals surface area contributed by atoms with Crippen molar-refractivity contribution in [3.63, 3.8) is 0 Å². The van der Waals surface area contributed by atoms with Crippen molar-refractivity contribution < 1.29 is 14.4 Å². The Morgan fingerprint density at radius 3 is 2.20 bits per heavy atom. The molecule has 5 nitrogen and oxygen atoms in total. The Balaban J connectivity index is 1.36. The minimum Gasteiger partial charge on any atom is -0.325 e. The first kappa shape index (κ1) is 23.0. The van der Waals surface area contributed by atoms with E-state index in [1.165, 1.54) is 17.3 Å². The zero-order chi connectivity index (χ0) is 24.9. The number of thioether (sulfide) groups is 1. The van der Waals surface area contributed by atoms with Gasteiger partial charge in [-0.15, -0.1) is 0 Å². The summed E-state index contributed by atoms with van der Waals surface area (Å²) in [7, 11) is 0. The van der Waals surface area contributed by atoms with E-state index in [9.17, 15) is 14.4 Å². The molecule has 1 heterocycles. The van der Waals surface area contributed by atoms with Gasteiger partial charge in [-0.25, -0.2) is 4.98 Å². The zero-order valence-corrected chi connectivity index (χ0v) is 20.7. The second-order valence-electron chi connectivity index (χ2n) is 8.97. The van der Waals surface area contributed by atoms with E-state index in [1.807, 2.05) is 19.9 Å². The highest BCUT2D eigenvalue weighted by Crippen LogP contribution is 2.31. The number of pyridine rings is 1. The number of carbonyl (C=O) groups is 3. The average Bonchev–Trinajstić information content (AvgIpc) is 2.83. The molecular formula is C29H24N2O3S. The maximum absolute atomic E-state index is 13.0. The lowest BCUT2D eigenvalue weighted by Crippen LogP contribution is -2.24. The smallest absolute Gasteiger partial charge is 0.237 e. The molecule has 0 fully saturated rings. The molecule has 3 aromatic carbocycles. The van der Waals surface area contributed by atoms with Crippen LogP contribution in [0, 0.1) is 20.8 Å². The molecule has 1 amide bonds. The van der Waals surface area contributed by atoms with E-state index < -0.39 is 5.25 Å². The first-order chi connectivity index (χ1) is 16.7. The van der Waals surface area contributed by atoms with Crippen LogP contribution in [0.1, 0.15) is 55.5 Å². The molecule has 35 heavy (non-hydrogen) atoms. The van der Waals surface area contributed by atoms with E-state index in [0.29, 0.717) is 27.9 Å². The standard InChI is InChI=1S/C29H24N2O3S/c1-15-11-17(3)26-23(12-15)16(2)13-25(31-26)35-18(4)29(34)30-19-9-10-22-24(14-19)28(33)21-8-6-5-7-20(21)27(22)32/h5-14,18H,1-4H3,(H,30,34). The van der Waals surface area contributed by atoms with Crippen LogP contribution in [0.25, 0.3) is 10.9 Å². The molecule has 0 spiro atoms. The Hall–Kier alpha value is -3.77.